The number of nitrogens with zero attached hydrogens (tertiary/aromatic N) is 5. The van der Waals surface area contributed by atoms with E-state index in [4.69, 9.17) is 11.6 Å². The Morgan fingerprint density at radius 2 is 1.77 bits per heavy atom. The van der Waals surface area contributed by atoms with Crippen molar-refractivity contribution in [3.63, 3.8) is 0 Å². The lowest BCUT2D eigenvalue weighted by atomic mass is 10.2. The molecule has 0 aliphatic rings. The SMILES string of the molecule is Cc1cccc(-n2nnc(C(=O)Nc3ccc(NC(=O)C(C)n4nc(C)cc4C)c(Cl)c3)c2C)c1. The molecule has 0 saturated carbocycles. The predicted octanol–water partition coefficient (Wildman–Crippen LogP) is 4.80. The van der Waals surface area contributed by atoms with Gasteiger partial charge < -0.3 is 10.6 Å². The second kappa shape index (κ2) is 9.71. The molecule has 0 radical (unpaired) electrons. The first-order valence-electron chi connectivity index (χ1n) is 11.1. The summed E-state index contributed by atoms with van der Waals surface area (Å²) in [6.07, 6.45) is 0. The molecular weight excluding hydrogens is 466 g/mol. The highest BCUT2D eigenvalue weighted by Gasteiger charge is 2.20. The minimum absolute atomic E-state index is 0.207. The fourth-order valence-corrected chi connectivity index (χ4v) is 4.04. The van der Waals surface area contributed by atoms with Gasteiger partial charge in [0.05, 0.1) is 27.8 Å². The Morgan fingerprint density at radius 3 is 2.43 bits per heavy atom. The second-order valence-electron chi connectivity index (χ2n) is 8.46. The van der Waals surface area contributed by atoms with E-state index in [9.17, 15) is 9.59 Å². The average Bonchev–Trinajstić information content (AvgIpc) is 3.36. The second-order valence-corrected chi connectivity index (χ2v) is 8.87. The molecule has 1 unspecified atom stereocenters. The molecule has 4 aromatic rings. The Morgan fingerprint density at radius 1 is 1.00 bits per heavy atom. The number of hydrogen-bond donors (Lipinski definition) is 2. The number of carbonyl (C=O) groups is 2. The summed E-state index contributed by atoms with van der Waals surface area (Å²) >= 11 is 6.40. The summed E-state index contributed by atoms with van der Waals surface area (Å²) in [6, 6.07) is 14.0. The summed E-state index contributed by atoms with van der Waals surface area (Å²) in [4.78, 5) is 25.6. The molecule has 0 bridgehead atoms. The number of carbonyl (C=O) groups excluding carboxylic acids is 2. The number of nitrogens with one attached hydrogen (secondary N) is 2. The summed E-state index contributed by atoms with van der Waals surface area (Å²) in [5, 5.41) is 18.5. The molecule has 2 N–H and O–H groups in total. The van der Waals surface area contributed by atoms with E-state index in [-0.39, 0.29) is 16.6 Å². The number of aromatic nitrogens is 5. The number of anilines is 2. The molecular formula is C25H26ClN7O2. The van der Waals surface area contributed by atoms with Crippen molar-refractivity contribution in [3.05, 3.63) is 81.9 Å². The van der Waals surface area contributed by atoms with E-state index < -0.39 is 11.9 Å². The molecule has 2 aromatic carbocycles. The number of rotatable bonds is 6. The van der Waals surface area contributed by atoms with Crippen molar-refractivity contribution in [3.8, 4) is 5.69 Å². The maximum atomic E-state index is 12.9. The van der Waals surface area contributed by atoms with Crippen LogP contribution in [0.5, 0.6) is 0 Å². The van der Waals surface area contributed by atoms with E-state index >= 15 is 0 Å². The molecule has 2 aromatic heterocycles. The number of halogens is 1. The summed E-state index contributed by atoms with van der Waals surface area (Å²) < 4.78 is 3.29. The van der Waals surface area contributed by atoms with Crippen LogP contribution in [0.15, 0.2) is 48.5 Å². The largest absolute Gasteiger partial charge is 0.323 e. The van der Waals surface area contributed by atoms with Crippen LogP contribution in [-0.4, -0.2) is 36.6 Å². The van der Waals surface area contributed by atoms with Crippen molar-refractivity contribution >= 4 is 34.8 Å². The number of benzene rings is 2. The van der Waals surface area contributed by atoms with Crippen LogP contribution in [0.1, 0.15) is 46.1 Å². The van der Waals surface area contributed by atoms with Gasteiger partial charge in [-0.2, -0.15) is 5.10 Å². The molecule has 180 valence electrons. The van der Waals surface area contributed by atoms with Crippen LogP contribution in [-0.2, 0) is 4.79 Å². The molecule has 0 spiro atoms. The fourth-order valence-electron chi connectivity index (χ4n) is 3.81. The van der Waals surface area contributed by atoms with Crippen LogP contribution in [0.2, 0.25) is 5.02 Å². The summed E-state index contributed by atoms with van der Waals surface area (Å²) in [5.74, 6) is -0.661. The molecule has 0 fully saturated rings. The van der Waals surface area contributed by atoms with Gasteiger partial charge in [0.25, 0.3) is 5.91 Å². The smallest absolute Gasteiger partial charge is 0.278 e. The van der Waals surface area contributed by atoms with E-state index in [0.717, 1.165) is 22.6 Å². The van der Waals surface area contributed by atoms with E-state index in [1.165, 1.54) is 0 Å². The zero-order chi connectivity index (χ0) is 25.3. The first-order valence-corrected chi connectivity index (χ1v) is 11.5. The molecule has 2 amide bonds. The van der Waals surface area contributed by atoms with Crippen LogP contribution >= 0.6 is 11.6 Å². The van der Waals surface area contributed by atoms with Gasteiger partial charge in [0.2, 0.25) is 5.91 Å². The highest BCUT2D eigenvalue weighted by molar-refractivity contribution is 6.34. The van der Waals surface area contributed by atoms with Crippen molar-refractivity contribution in [2.45, 2.75) is 40.7 Å². The molecule has 1 atom stereocenters. The summed E-state index contributed by atoms with van der Waals surface area (Å²) in [6.45, 7) is 9.31. The normalized spacial score (nSPS) is 11.8. The third-order valence-electron chi connectivity index (χ3n) is 5.63. The standard InChI is InChI=1S/C25H26ClN7O2/c1-14-7-6-8-20(11-14)33-17(4)23(29-31-33)25(35)27-19-9-10-22(21(26)13-19)28-24(34)18(5)32-16(3)12-15(2)30-32/h6-13,18H,1-5H3,(H,27,35)(H,28,34). The van der Waals surface area contributed by atoms with Crippen LogP contribution in [0.25, 0.3) is 5.69 Å². The Kier molecular flexibility index (Phi) is 6.70. The molecule has 0 aliphatic heterocycles. The van der Waals surface area contributed by atoms with Gasteiger partial charge in [-0.05, 0) is 76.6 Å². The molecule has 9 nitrogen and oxygen atoms in total. The zero-order valence-electron chi connectivity index (χ0n) is 20.1. The minimum atomic E-state index is -0.516. The highest BCUT2D eigenvalue weighted by atomic mass is 35.5. The third-order valence-corrected chi connectivity index (χ3v) is 5.94. The van der Waals surface area contributed by atoms with Crippen molar-refractivity contribution < 1.29 is 9.59 Å². The lowest BCUT2D eigenvalue weighted by molar-refractivity contribution is -0.119. The monoisotopic (exact) mass is 491 g/mol. The van der Waals surface area contributed by atoms with Crippen LogP contribution < -0.4 is 10.6 Å². The zero-order valence-corrected chi connectivity index (χ0v) is 20.9. The van der Waals surface area contributed by atoms with Gasteiger partial charge in [0.1, 0.15) is 6.04 Å². The first-order chi connectivity index (χ1) is 16.6. The van der Waals surface area contributed by atoms with E-state index in [2.05, 4.69) is 26.0 Å². The van der Waals surface area contributed by atoms with E-state index in [1.54, 1.807) is 41.4 Å². The van der Waals surface area contributed by atoms with Crippen LogP contribution in [0, 0.1) is 27.7 Å². The lowest BCUT2D eigenvalue weighted by Crippen LogP contribution is -2.25. The fraction of sp³-hybridized carbons (Fsp3) is 0.240. The predicted molar refractivity (Wildman–Crippen MR) is 135 cm³/mol. The van der Waals surface area contributed by atoms with Crippen molar-refractivity contribution in [1.82, 2.24) is 24.8 Å². The number of aryl methyl sites for hydroxylation is 3. The third kappa shape index (κ3) is 5.09. The molecule has 0 aliphatic carbocycles. The van der Waals surface area contributed by atoms with Gasteiger partial charge in [-0.1, -0.05) is 28.9 Å². The van der Waals surface area contributed by atoms with Gasteiger partial charge in [0.15, 0.2) is 5.69 Å². The molecule has 0 saturated heterocycles. The van der Waals surface area contributed by atoms with Crippen LogP contribution in [0.4, 0.5) is 11.4 Å². The highest BCUT2D eigenvalue weighted by Crippen LogP contribution is 2.27. The van der Waals surface area contributed by atoms with Crippen molar-refractivity contribution in [2.75, 3.05) is 10.6 Å². The van der Waals surface area contributed by atoms with Crippen molar-refractivity contribution in [1.29, 1.82) is 0 Å². The maximum Gasteiger partial charge on any atom is 0.278 e. The summed E-state index contributed by atoms with van der Waals surface area (Å²) in [5.41, 5.74) is 5.36. The van der Waals surface area contributed by atoms with E-state index in [1.807, 2.05) is 51.1 Å². The quantitative estimate of drug-likeness (QED) is 0.403. The average molecular weight is 492 g/mol. The van der Waals surface area contributed by atoms with Gasteiger partial charge in [0, 0.05) is 11.4 Å². The number of hydrogen-bond acceptors (Lipinski definition) is 5. The lowest BCUT2D eigenvalue weighted by Gasteiger charge is -2.15. The molecule has 4 rings (SSSR count). The Hall–Kier alpha value is -3.98. The topological polar surface area (TPSA) is 107 Å². The molecule has 35 heavy (non-hydrogen) atoms. The first kappa shape index (κ1) is 24.2. The molecule has 10 heteroatoms. The number of amides is 2. The maximum absolute atomic E-state index is 12.9. The van der Waals surface area contributed by atoms with Gasteiger partial charge >= 0.3 is 0 Å². The van der Waals surface area contributed by atoms with Gasteiger partial charge in [-0.25, -0.2) is 4.68 Å². The van der Waals surface area contributed by atoms with Crippen LogP contribution in [0.3, 0.4) is 0 Å². The van der Waals surface area contributed by atoms with Gasteiger partial charge in [-0.3, -0.25) is 14.3 Å². The Labute approximate surface area is 208 Å². The van der Waals surface area contributed by atoms with Gasteiger partial charge in [-0.15, -0.1) is 5.10 Å². The minimum Gasteiger partial charge on any atom is -0.323 e. The van der Waals surface area contributed by atoms with E-state index in [0.29, 0.717) is 17.1 Å². The molecule has 2 heterocycles. The van der Waals surface area contributed by atoms with Crippen molar-refractivity contribution in [2.24, 2.45) is 0 Å². The summed E-state index contributed by atoms with van der Waals surface area (Å²) in [7, 11) is 0. The Bertz CT molecular complexity index is 1420. The Balaban J connectivity index is 1.46.